The normalized spacial score (nSPS) is 14.0. The van der Waals surface area contributed by atoms with Crippen LogP contribution in [0, 0.1) is 5.92 Å². The predicted octanol–water partition coefficient (Wildman–Crippen LogP) is 2.63. The van der Waals surface area contributed by atoms with Crippen molar-refractivity contribution in [3.8, 4) is 0 Å². The van der Waals surface area contributed by atoms with Gasteiger partial charge >= 0.3 is 5.97 Å². The summed E-state index contributed by atoms with van der Waals surface area (Å²) in [5.74, 6) is -1.99. The van der Waals surface area contributed by atoms with Crippen molar-refractivity contribution in [1.29, 1.82) is 0 Å². The number of carbonyl (C=O) groups is 4. The van der Waals surface area contributed by atoms with Crippen molar-refractivity contribution in [2.75, 3.05) is 6.73 Å². The van der Waals surface area contributed by atoms with Gasteiger partial charge in [0.1, 0.15) is 6.04 Å². The number of hydrogen-bond acceptors (Lipinski definition) is 5. The zero-order valence-electron chi connectivity index (χ0n) is 16.3. The van der Waals surface area contributed by atoms with Crippen LogP contribution < -0.4 is 5.32 Å². The second-order valence-electron chi connectivity index (χ2n) is 7.20. The Morgan fingerprint density at radius 1 is 0.931 bits per heavy atom. The Balaban J connectivity index is 1.65. The summed E-state index contributed by atoms with van der Waals surface area (Å²) in [7, 11) is 0. The van der Waals surface area contributed by atoms with E-state index in [2.05, 4.69) is 5.32 Å². The average molecular weight is 394 g/mol. The van der Waals surface area contributed by atoms with Crippen LogP contribution in [0.4, 0.5) is 0 Å². The Hall–Kier alpha value is -3.48. The Morgan fingerprint density at radius 3 is 2.03 bits per heavy atom. The van der Waals surface area contributed by atoms with Gasteiger partial charge in [-0.1, -0.05) is 44.2 Å². The molecule has 1 aliphatic rings. The first-order valence-corrected chi connectivity index (χ1v) is 9.36. The van der Waals surface area contributed by atoms with E-state index in [4.69, 9.17) is 4.74 Å². The van der Waals surface area contributed by atoms with Crippen LogP contribution in [-0.4, -0.2) is 41.4 Å². The van der Waals surface area contributed by atoms with Gasteiger partial charge in [0.15, 0.2) is 6.73 Å². The number of nitrogens with zero attached hydrogens (tertiary/aromatic N) is 1. The molecule has 0 fully saturated rings. The lowest BCUT2D eigenvalue weighted by molar-refractivity contribution is -0.149. The summed E-state index contributed by atoms with van der Waals surface area (Å²) in [6.07, 6.45) is 0.361. The number of fused-ring (bicyclic) bond motifs is 1. The van der Waals surface area contributed by atoms with Crippen molar-refractivity contribution >= 4 is 23.7 Å². The molecule has 2 aromatic carbocycles. The van der Waals surface area contributed by atoms with Gasteiger partial charge in [-0.25, -0.2) is 9.69 Å². The van der Waals surface area contributed by atoms with Crippen LogP contribution in [0.25, 0.3) is 0 Å². The minimum Gasteiger partial charge on any atom is -0.442 e. The highest BCUT2D eigenvalue weighted by Crippen LogP contribution is 2.22. The molecule has 1 heterocycles. The number of amides is 3. The maximum Gasteiger partial charge on any atom is 0.330 e. The van der Waals surface area contributed by atoms with E-state index in [1.165, 1.54) is 0 Å². The third kappa shape index (κ3) is 4.51. The summed E-state index contributed by atoms with van der Waals surface area (Å²) in [5, 5.41) is 2.68. The highest BCUT2D eigenvalue weighted by molar-refractivity contribution is 6.21. The Morgan fingerprint density at radius 2 is 1.48 bits per heavy atom. The van der Waals surface area contributed by atoms with Crippen LogP contribution in [0.15, 0.2) is 54.6 Å². The highest BCUT2D eigenvalue weighted by Gasteiger charge is 2.36. The van der Waals surface area contributed by atoms with Gasteiger partial charge in [0, 0.05) is 5.56 Å². The van der Waals surface area contributed by atoms with E-state index in [0.717, 1.165) is 4.90 Å². The summed E-state index contributed by atoms with van der Waals surface area (Å²) in [6.45, 7) is 3.33. The first kappa shape index (κ1) is 20.3. The van der Waals surface area contributed by atoms with Gasteiger partial charge in [-0.2, -0.15) is 0 Å². The minimum absolute atomic E-state index is 0.114. The van der Waals surface area contributed by atoms with Gasteiger partial charge in [0.25, 0.3) is 17.7 Å². The molecule has 0 saturated heterocycles. The fraction of sp³-hybridized carbons (Fsp3) is 0.273. The fourth-order valence-electron chi connectivity index (χ4n) is 3.10. The van der Waals surface area contributed by atoms with Crippen LogP contribution in [0.3, 0.4) is 0 Å². The molecule has 1 N–H and O–H groups in total. The second-order valence-corrected chi connectivity index (χ2v) is 7.20. The van der Waals surface area contributed by atoms with Crippen molar-refractivity contribution in [3.63, 3.8) is 0 Å². The SMILES string of the molecule is CC(C)CC(NC(=O)c1ccccc1)C(=O)OCN1C(=O)c2ccccc2C1=O. The molecule has 0 aromatic heterocycles. The first-order valence-electron chi connectivity index (χ1n) is 9.36. The molecule has 7 nitrogen and oxygen atoms in total. The molecule has 3 amide bonds. The van der Waals surface area contributed by atoms with Gasteiger partial charge in [-0.3, -0.25) is 14.4 Å². The molecule has 1 aliphatic heterocycles. The molecule has 2 aromatic rings. The van der Waals surface area contributed by atoms with E-state index in [1.807, 2.05) is 13.8 Å². The summed E-state index contributed by atoms with van der Waals surface area (Å²) in [4.78, 5) is 50.7. The van der Waals surface area contributed by atoms with Crippen LogP contribution in [0.1, 0.15) is 51.3 Å². The molecule has 0 bridgehead atoms. The first-order chi connectivity index (χ1) is 13.9. The molecule has 3 rings (SSSR count). The lowest BCUT2D eigenvalue weighted by Crippen LogP contribution is -2.44. The van der Waals surface area contributed by atoms with E-state index in [9.17, 15) is 19.2 Å². The molecule has 0 aliphatic carbocycles. The smallest absolute Gasteiger partial charge is 0.330 e. The topological polar surface area (TPSA) is 92.8 Å². The highest BCUT2D eigenvalue weighted by atomic mass is 16.5. The zero-order chi connectivity index (χ0) is 21.0. The zero-order valence-corrected chi connectivity index (χ0v) is 16.3. The summed E-state index contributed by atoms with van der Waals surface area (Å²) in [5.41, 5.74) is 0.990. The lowest BCUT2D eigenvalue weighted by Gasteiger charge is -2.21. The Labute approximate surface area is 168 Å². The minimum atomic E-state index is -0.891. The van der Waals surface area contributed by atoms with Gasteiger partial charge in [-0.15, -0.1) is 0 Å². The number of carbonyl (C=O) groups excluding carboxylic acids is 4. The maximum atomic E-state index is 12.6. The number of ether oxygens (including phenoxy) is 1. The van der Waals surface area contributed by atoms with E-state index < -0.39 is 36.5 Å². The molecular formula is C22H22N2O5. The molecule has 7 heteroatoms. The second kappa shape index (κ2) is 8.68. The van der Waals surface area contributed by atoms with Crippen molar-refractivity contribution < 1.29 is 23.9 Å². The molecular weight excluding hydrogens is 372 g/mol. The largest absolute Gasteiger partial charge is 0.442 e. The molecule has 29 heavy (non-hydrogen) atoms. The average Bonchev–Trinajstić information content (AvgIpc) is 2.96. The number of rotatable bonds is 7. The van der Waals surface area contributed by atoms with Crippen molar-refractivity contribution in [2.45, 2.75) is 26.3 Å². The molecule has 1 unspecified atom stereocenters. The van der Waals surface area contributed by atoms with Gasteiger partial charge in [0.2, 0.25) is 0 Å². The number of hydrogen-bond donors (Lipinski definition) is 1. The maximum absolute atomic E-state index is 12.6. The molecule has 150 valence electrons. The van der Waals surface area contributed by atoms with Crippen LogP contribution >= 0.6 is 0 Å². The summed E-state index contributed by atoms with van der Waals surface area (Å²) in [6, 6.07) is 14.1. The van der Waals surface area contributed by atoms with Crippen LogP contribution in [-0.2, 0) is 9.53 Å². The van der Waals surface area contributed by atoms with E-state index in [-0.39, 0.29) is 17.0 Å². The molecule has 0 radical (unpaired) electrons. The van der Waals surface area contributed by atoms with Crippen molar-refractivity contribution in [1.82, 2.24) is 10.2 Å². The number of imide groups is 1. The van der Waals surface area contributed by atoms with Crippen molar-refractivity contribution in [2.24, 2.45) is 5.92 Å². The quantitative estimate of drug-likeness (QED) is 0.576. The van der Waals surface area contributed by atoms with Crippen LogP contribution in [0.2, 0.25) is 0 Å². The monoisotopic (exact) mass is 394 g/mol. The van der Waals surface area contributed by atoms with Gasteiger partial charge in [-0.05, 0) is 36.6 Å². The lowest BCUT2D eigenvalue weighted by atomic mass is 10.0. The van der Waals surface area contributed by atoms with Crippen molar-refractivity contribution in [3.05, 3.63) is 71.3 Å². The number of nitrogens with one attached hydrogen (secondary N) is 1. The fourth-order valence-corrected chi connectivity index (χ4v) is 3.10. The van der Waals surface area contributed by atoms with E-state index >= 15 is 0 Å². The van der Waals surface area contributed by atoms with E-state index in [0.29, 0.717) is 12.0 Å². The molecule has 0 spiro atoms. The third-order valence-corrected chi connectivity index (χ3v) is 4.55. The Kier molecular flexibility index (Phi) is 6.07. The van der Waals surface area contributed by atoms with Crippen LogP contribution in [0.5, 0.6) is 0 Å². The predicted molar refractivity (Wildman–Crippen MR) is 105 cm³/mol. The number of esters is 1. The molecule has 0 saturated carbocycles. The van der Waals surface area contributed by atoms with Gasteiger partial charge < -0.3 is 10.1 Å². The standard InChI is InChI=1S/C22H22N2O5/c1-14(2)12-18(23-19(25)15-8-4-3-5-9-15)22(28)29-13-24-20(26)16-10-6-7-11-17(16)21(24)27/h3-11,14,18H,12-13H2,1-2H3,(H,23,25). The van der Waals surface area contributed by atoms with Gasteiger partial charge in [0.05, 0.1) is 11.1 Å². The molecule has 1 atom stereocenters. The van der Waals surface area contributed by atoms with E-state index in [1.54, 1.807) is 54.6 Å². The number of benzene rings is 2. The summed E-state index contributed by atoms with van der Waals surface area (Å²) >= 11 is 0. The Bertz CT molecular complexity index is 904. The third-order valence-electron chi connectivity index (χ3n) is 4.55. The summed E-state index contributed by atoms with van der Waals surface area (Å²) < 4.78 is 5.23.